The van der Waals surface area contributed by atoms with Crippen LogP contribution in [0.2, 0.25) is 5.02 Å². The molecule has 1 aromatic rings. The molecule has 1 aliphatic rings. The van der Waals surface area contributed by atoms with Crippen LogP contribution in [0.3, 0.4) is 0 Å². The minimum Gasteiger partial charge on any atom is -0.316 e. The van der Waals surface area contributed by atoms with E-state index in [0.717, 1.165) is 34.9 Å². The summed E-state index contributed by atoms with van der Waals surface area (Å²) in [7, 11) is 0. The number of hydrogen-bond donors (Lipinski definition) is 1. The van der Waals surface area contributed by atoms with E-state index in [1.807, 2.05) is 6.07 Å². The van der Waals surface area contributed by atoms with E-state index in [-0.39, 0.29) is 0 Å². The zero-order valence-corrected chi connectivity index (χ0v) is 13.4. The average Bonchev–Trinajstić information content (AvgIpc) is 3.02. The van der Waals surface area contributed by atoms with Crippen molar-refractivity contribution in [2.75, 3.05) is 13.1 Å². The Bertz CT molecular complexity index is 413. The summed E-state index contributed by atoms with van der Waals surface area (Å²) in [5.74, 6) is 0.720. The second kappa shape index (κ2) is 5.94. The summed E-state index contributed by atoms with van der Waals surface area (Å²) >= 11 is 9.75. The van der Waals surface area contributed by atoms with Crippen LogP contribution in [0.1, 0.15) is 32.3 Å². The molecule has 0 saturated heterocycles. The SMILES string of the molecule is CC(C)CNCC1(Cc2ccc(Br)cc2Cl)CC1. The fraction of sp³-hybridized carbons (Fsp3) is 0.600. The quantitative estimate of drug-likeness (QED) is 0.799. The fourth-order valence-corrected chi connectivity index (χ4v) is 3.03. The van der Waals surface area contributed by atoms with Crippen LogP contribution >= 0.6 is 27.5 Å². The van der Waals surface area contributed by atoms with Gasteiger partial charge in [0.1, 0.15) is 0 Å². The Kier molecular flexibility index (Phi) is 4.74. The van der Waals surface area contributed by atoms with Crippen LogP contribution in [-0.2, 0) is 6.42 Å². The van der Waals surface area contributed by atoms with Gasteiger partial charge in [-0.25, -0.2) is 0 Å². The zero-order valence-electron chi connectivity index (χ0n) is 11.1. The first-order valence-electron chi connectivity index (χ1n) is 6.65. The highest BCUT2D eigenvalue weighted by atomic mass is 79.9. The molecule has 1 aromatic carbocycles. The molecule has 100 valence electrons. The van der Waals surface area contributed by atoms with Crippen LogP contribution in [0, 0.1) is 11.3 Å². The molecule has 0 aliphatic heterocycles. The van der Waals surface area contributed by atoms with E-state index in [0.29, 0.717) is 5.41 Å². The summed E-state index contributed by atoms with van der Waals surface area (Å²) in [6, 6.07) is 6.22. The predicted octanol–water partition coefficient (Wildman–Crippen LogP) is 4.67. The molecule has 0 radical (unpaired) electrons. The molecule has 0 amide bonds. The van der Waals surface area contributed by atoms with Crippen molar-refractivity contribution < 1.29 is 0 Å². The fourth-order valence-electron chi connectivity index (χ4n) is 2.29. The van der Waals surface area contributed by atoms with E-state index in [2.05, 4.69) is 47.2 Å². The summed E-state index contributed by atoms with van der Waals surface area (Å²) in [5, 5.41) is 4.47. The molecule has 1 nitrogen and oxygen atoms in total. The third-order valence-electron chi connectivity index (χ3n) is 3.59. The van der Waals surface area contributed by atoms with Crippen LogP contribution in [0.4, 0.5) is 0 Å². The smallest absolute Gasteiger partial charge is 0.0449 e. The highest BCUT2D eigenvalue weighted by Crippen LogP contribution is 2.48. The number of benzene rings is 1. The monoisotopic (exact) mass is 329 g/mol. The summed E-state index contributed by atoms with van der Waals surface area (Å²) in [6.07, 6.45) is 3.75. The second-order valence-corrected chi connectivity index (χ2v) is 7.26. The van der Waals surface area contributed by atoms with Gasteiger partial charge in [-0.1, -0.05) is 47.4 Å². The minimum absolute atomic E-state index is 0.465. The van der Waals surface area contributed by atoms with Gasteiger partial charge in [0.25, 0.3) is 0 Å². The number of halogens is 2. The first kappa shape index (κ1) is 14.4. The highest BCUT2D eigenvalue weighted by Gasteiger charge is 2.42. The summed E-state index contributed by atoms with van der Waals surface area (Å²) in [5.41, 5.74) is 1.75. The molecule has 0 bridgehead atoms. The van der Waals surface area contributed by atoms with Gasteiger partial charge in [-0.15, -0.1) is 0 Å². The van der Waals surface area contributed by atoms with Crippen molar-refractivity contribution in [3.05, 3.63) is 33.3 Å². The van der Waals surface area contributed by atoms with Crippen molar-refractivity contribution in [3.63, 3.8) is 0 Å². The van der Waals surface area contributed by atoms with Gasteiger partial charge in [-0.2, -0.15) is 0 Å². The van der Waals surface area contributed by atoms with E-state index in [1.54, 1.807) is 0 Å². The molecule has 1 aliphatic carbocycles. The first-order valence-corrected chi connectivity index (χ1v) is 7.82. The Labute approximate surface area is 123 Å². The minimum atomic E-state index is 0.465. The Hall–Kier alpha value is -0.0500. The predicted molar refractivity (Wildman–Crippen MR) is 82.2 cm³/mol. The average molecular weight is 331 g/mol. The molecule has 3 heteroatoms. The second-order valence-electron chi connectivity index (χ2n) is 5.94. The van der Waals surface area contributed by atoms with Gasteiger partial charge in [0.05, 0.1) is 0 Å². The van der Waals surface area contributed by atoms with Gasteiger partial charge >= 0.3 is 0 Å². The summed E-state index contributed by atoms with van der Waals surface area (Å²) in [6.45, 7) is 6.73. The molecule has 0 unspecified atom stereocenters. The molecule has 18 heavy (non-hydrogen) atoms. The molecule has 2 rings (SSSR count). The van der Waals surface area contributed by atoms with Crippen molar-refractivity contribution in [1.82, 2.24) is 5.32 Å². The first-order chi connectivity index (χ1) is 8.51. The Morgan fingerprint density at radius 2 is 2.11 bits per heavy atom. The van der Waals surface area contributed by atoms with Gasteiger partial charge in [0, 0.05) is 16.0 Å². The van der Waals surface area contributed by atoms with Crippen molar-refractivity contribution >= 4 is 27.5 Å². The molecule has 1 saturated carbocycles. The molecule has 0 heterocycles. The summed E-state index contributed by atoms with van der Waals surface area (Å²) in [4.78, 5) is 0. The van der Waals surface area contributed by atoms with Crippen molar-refractivity contribution in [3.8, 4) is 0 Å². The standard InChI is InChI=1S/C15H21BrClN/c1-11(2)9-18-10-15(5-6-15)8-12-3-4-13(16)7-14(12)17/h3-4,7,11,18H,5-6,8-10H2,1-2H3. The number of rotatable bonds is 6. The largest absolute Gasteiger partial charge is 0.316 e. The van der Waals surface area contributed by atoms with Gasteiger partial charge in [-0.3, -0.25) is 0 Å². The van der Waals surface area contributed by atoms with Gasteiger partial charge in [0.15, 0.2) is 0 Å². The van der Waals surface area contributed by atoms with Gasteiger partial charge in [-0.05, 0) is 54.8 Å². The van der Waals surface area contributed by atoms with Crippen LogP contribution in [-0.4, -0.2) is 13.1 Å². The summed E-state index contributed by atoms with van der Waals surface area (Å²) < 4.78 is 1.05. The highest BCUT2D eigenvalue weighted by molar-refractivity contribution is 9.10. The van der Waals surface area contributed by atoms with Crippen LogP contribution in [0.5, 0.6) is 0 Å². The van der Waals surface area contributed by atoms with E-state index in [1.165, 1.54) is 18.4 Å². The lowest BCUT2D eigenvalue weighted by atomic mass is 9.96. The van der Waals surface area contributed by atoms with Crippen molar-refractivity contribution in [2.45, 2.75) is 33.1 Å². The van der Waals surface area contributed by atoms with E-state index < -0.39 is 0 Å². The molecule has 1 fully saturated rings. The molecule has 0 aromatic heterocycles. The van der Waals surface area contributed by atoms with Crippen molar-refractivity contribution in [2.24, 2.45) is 11.3 Å². The molecule has 0 atom stereocenters. The van der Waals surface area contributed by atoms with Crippen LogP contribution in [0.25, 0.3) is 0 Å². The third-order valence-corrected chi connectivity index (χ3v) is 4.44. The lowest BCUT2D eigenvalue weighted by Crippen LogP contribution is -2.28. The zero-order chi connectivity index (χ0) is 13.2. The maximum Gasteiger partial charge on any atom is 0.0449 e. The lowest BCUT2D eigenvalue weighted by molar-refractivity contribution is 0.432. The molecule has 1 N–H and O–H groups in total. The van der Waals surface area contributed by atoms with E-state index in [9.17, 15) is 0 Å². The van der Waals surface area contributed by atoms with Crippen LogP contribution < -0.4 is 5.32 Å². The van der Waals surface area contributed by atoms with Gasteiger partial charge in [0.2, 0.25) is 0 Å². The van der Waals surface area contributed by atoms with E-state index >= 15 is 0 Å². The Morgan fingerprint density at radius 3 is 2.67 bits per heavy atom. The van der Waals surface area contributed by atoms with Gasteiger partial charge < -0.3 is 5.32 Å². The molecular weight excluding hydrogens is 310 g/mol. The maximum atomic E-state index is 6.30. The Balaban J connectivity index is 1.92. The van der Waals surface area contributed by atoms with Crippen molar-refractivity contribution in [1.29, 1.82) is 0 Å². The maximum absolute atomic E-state index is 6.30. The molecular formula is C15H21BrClN. The number of nitrogens with one attached hydrogen (secondary N) is 1. The van der Waals surface area contributed by atoms with Crippen LogP contribution in [0.15, 0.2) is 22.7 Å². The van der Waals surface area contributed by atoms with E-state index in [4.69, 9.17) is 11.6 Å². The Morgan fingerprint density at radius 1 is 1.39 bits per heavy atom. The number of hydrogen-bond acceptors (Lipinski definition) is 1. The normalized spacial score (nSPS) is 17.2. The lowest BCUT2D eigenvalue weighted by Gasteiger charge is -2.18. The third kappa shape index (κ3) is 3.97. The molecule has 0 spiro atoms. The topological polar surface area (TPSA) is 12.0 Å².